The molecule has 1 saturated heterocycles. The van der Waals surface area contributed by atoms with Crippen molar-refractivity contribution in [2.45, 2.75) is 13.2 Å². The molecule has 1 fully saturated rings. The van der Waals surface area contributed by atoms with E-state index in [4.69, 9.17) is 9.94 Å². The minimum Gasteiger partial charge on any atom is -0.423 e. The zero-order valence-corrected chi connectivity index (χ0v) is 13.9. The van der Waals surface area contributed by atoms with Gasteiger partial charge in [0.2, 0.25) is 5.91 Å². The van der Waals surface area contributed by atoms with Crippen molar-refractivity contribution in [3.05, 3.63) is 35.9 Å². The number of nitrogens with zero attached hydrogens (tertiary/aromatic N) is 6. The van der Waals surface area contributed by atoms with E-state index >= 15 is 0 Å². The first-order valence-electron chi connectivity index (χ1n) is 7.52. The van der Waals surface area contributed by atoms with Crippen molar-refractivity contribution >= 4 is 23.9 Å². The topological polar surface area (TPSA) is 113 Å². The number of halogens is 1. The van der Waals surface area contributed by atoms with E-state index < -0.39 is 18.1 Å². The summed E-state index contributed by atoms with van der Waals surface area (Å²) >= 11 is 0. The molecule has 0 aliphatic carbocycles. The van der Waals surface area contributed by atoms with Gasteiger partial charge in [-0.2, -0.15) is 0 Å². The molecule has 1 aromatic carbocycles. The average molecular weight is 362 g/mol. The Bertz CT molecular complexity index is 883. The second-order valence-electron chi connectivity index (χ2n) is 5.55. The molecule has 2 amide bonds. The van der Waals surface area contributed by atoms with E-state index in [-0.39, 0.29) is 29.5 Å². The van der Waals surface area contributed by atoms with Gasteiger partial charge in [-0.15, -0.1) is 5.10 Å². The molecular formula is C15H15FN6O4. The van der Waals surface area contributed by atoms with E-state index in [0.29, 0.717) is 0 Å². The van der Waals surface area contributed by atoms with E-state index in [0.717, 1.165) is 12.3 Å². The Balaban J connectivity index is 1.83. The highest BCUT2D eigenvalue weighted by atomic mass is 19.1. The molecule has 0 spiro atoms. The smallest absolute Gasteiger partial charge is 0.416 e. The van der Waals surface area contributed by atoms with Gasteiger partial charge in [0.1, 0.15) is 11.4 Å². The summed E-state index contributed by atoms with van der Waals surface area (Å²) in [4.78, 5) is 26.0. The summed E-state index contributed by atoms with van der Waals surface area (Å²) in [6.45, 7) is 1.45. The van der Waals surface area contributed by atoms with E-state index in [9.17, 15) is 14.0 Å². The molecule has 3 rings (SSSR count). The van der Waals surface area contributed by atoms with Gasteiger partial charge in [0, 0.05) is 14.0 Å². The van der Waals surface area contributed by atoms with Gasteiger partial charge in [0.25, 0.3) is 0 Å². The zero-order valence-electron chi connectivity index (χ0n) is 13.9. The monoisotopic (exact) mass is 362 g/mol. The Hall–Kier alpha value is -3.50. The number of anilines is 1. The van der Waals surface area contributed by atoms with Crippen LogP contribution in [0.1, 0.15) is 12.6 Å². The summed E-state index contributed by atoms with van der Waals surface area (Å²) in [6, 6.07) is 4.11. The van der Waals surface area contributed by atoms with Crippen LogP contribution in [0.4, 0.5) is 14.9 Å². The second-order valence-corrected chi connectivity index (χ2v) is 5.55. The van der Waals surface area contributed by atoms with Gasteiger partial charge in [-0.1, -0.05) is 10.4 Å². The molecule has 0 saturated carbocycles. The standard InChI is InChI=1S/C15H15FN6O4/c1-9(23)20(2)14-8-21(15(24)26-14)11-3-4-13(12(16)5-11)22-7-10(6-17-25)18-19-22/h3-7,14,25H,8H2,1-2H3. The maximum atomic E-state index is 14.5. The highest BCUT2D eigenvalue weighted by Crippen LogP contribution is 2.26. The van der Waals surface area contributed by atoms with Crippen LogP contribution in [0, 0.1) is 5.82 Å². The summed E-state index contributed by atoms with van der Waals surface area (Å²) in [7, 11) is 1.52. The van der Waals surface area contributed by atoms with Gasteiger partial charge < -0.3 is 14.8 Å². The lowest BCUT2D eigenvalue weighted by molar-refractivity contribution is -0.134. The van der Waals surface area contributed by atoms with Crippen molar-refractivity contribution in [2.75, 3.05) is 18.5 Å². The molecule has 11 heteroatoms. The van der Waals surface area contributed by atoms with Gasteiger partial charge >= 0.3 is 6.09 Å². The molecule has 1 N–H and O–H groups in total. The second kappa shape index (κ2) is 6.78. The minimum atomic E-state index is -0.738. The van der Waals surface area contributed by atoms with Crippen LogP contribution >= 0.6 is 0 Å². The number of aromatic nitrogens is 3. The molecule has 0 bridgehead atoms. The first-order valence-corrected chi connectivity index (χ1v) is 7.52. The number of amides is 2. The molecule has 10 nitrogen and oxygen atoms in total. The number of oxime groups is 1. The van der Waals surface area contributed by atoms with Crippen LogP contribution in [0.15, 0.2) is 29.6 Å². The summed E-state index contributed by atoms with van der Waals surface area (Å²) in [5.41, 5.74) is 0.631. The van der Waals surface area contributed by atoms with Crippen molar-refractivity contribution in [2.24, 2.45) is 5.16 Å². The number of rotatable bonds is 4. The van der Waals surface area contributed by atoms with Crippen molar-refractivity contribution in [1.29, 1.82) is 0 Å². The van der Waals surface area contributed by atoms with Crippen molar-refractivity contribution < 1.29 is 23.9 Å². The fourth-order valence-electron chi connectivity index (χ4n) is 2.43. The molecule has 1 aromatic heterocycles. The third kappa shape index (κ3) is 3.18. The van der Waals surface area contributed by atoms with Crippen LogP contribution in [0.5, 0.6) is 0 Å². The number of hydrogen-bond acceptors (Lipinski definition) is 7. The van der Waals surface area contributed by atoms with E-state index in [1.165, 1.54) is 46.8 Å². The molecule has 0 radical (unpaired) electrons. The predicted molar refractivity (Wildman–Crippen MR) is 86.8 cm³/mol. The zero-order chi connectivity index (χ0) is 18.8. The van der Waals surface area contributed by atoms with E-state index in [1.807, 2.05) is 0 Å². The van der Waals surface area contributed by atoms with E-state index in [1.54, 1.807) is 0 Å². The Morgan fingerprint density at radius 1 is 1.54 bits per heavy atom. The maximum Gasteiger partial charge on any atom is 0.416 e. The van der Waals surface area contributed by atoms with Gasteiger partial charge in [0.15, 0.2) is 12.0 Å². The van der Waals surface area contributed by atoms with Crippen LogP contribution < -0.4 is 4.90 Å². The molecule has 2 heterocycles. The lowest BCUT2D eigenvalue weighted by atomic mass is 10.2. The average Bonchev–Trinajstić information content (AvgIpc) is 3.21. The Morgan fingerprint density at radius 2 is 2.31 bits per heavy atom. The third-order valence-corrected chi connectivity index (χ3v) is 3.92. The van der Waals surface area contributed by atoms with Crippen molar-refractivity contribution in [3.63, 3.8) is 0 Å². The Morgan fingerprint density at radius 3 is 2.96 bits per heavy atom. The Kier molecular flexibility index (Phi) is 4.52. The van der Waals surface area contributed by atoms with Gasteiger partial charge in [0.05, 0.1) is 24.6 Å². The number of carbonyl (C=O) groups excluding carboxylic acids is 2. The van der Waals surface area contributed by atoms with Crippen molar-refractivity contribution in [3.8, 4) is 5.69 Å². The SMILES string of the molecule is CC(=O)N(C)C1CN(c2ccc(-n3cc(C=NO)nn3)c(F)c2)C(=O)O1. The fourth-order valence-corrected chi connectivity index (χ4v) is 2.43. The highest BCUT2D eigenvalue weighted by molar-refractivity contribution is 5.90. The Labute approximate surface area is 147 Å². The third-order valence-electron chi connectivity index (χ3n) is 3.92. The van der Waals surface area contributed by atoms with Crippen LogP contribution in [0.25, 0.3) is 5.69 Å². The summed E-state index contributed by atoms with van der Waals surface area (Å²) in [6.07, 6.45) is 1.03. The first-order chi connectivity index (χ1) is 12.4. The lowest BCUT2D eigenvalue weighted by Crippen LogP contribution is -2.38. The number of benzene rings is 1. The van der Waals surface area contributed by atoms with Gasteiger partial charge in [-0.25, -0.2) is 13.9 Å². The van der Waals surface area contributed by atoms with Crippen molar-refractivity contribution in [1.82, 2.24) is 19.9 Å². The molecular weight excluding hydrogens is 347 g/mol. The molecule has 1 atom stereocenters. The summed E-state index contributed by atoms with van der Waals surface area (Å²) < 4.78 is 20.8. The number of hydrogen-bond donors (Lipinski definition) is 1. The van der Waals surface area contributed by atoms with E-state index in [2.05, 4.69) is 15.5 Å². The fraction of sp³-hybridized carbons (Fsp3) is 0.267. The molecule has 1 aliphatic heterocycles. The number of ether oxygens (including phenoxy) is 1. The largest absolute Gasteiger partial charge is 0.423 e. The normalized spacial score (nSPS) is 17.0. The molecule has 26 heavy (non-hydrogen) atoms. The maximum absolute atomic E-state index is 14.5. The number of carbonyl (C=O) groups is 2. The molecule has 1 unspecified atom stereocenters. The summed E-state index contributed by atoms with van der Waals surface area (Å²) in [5, 5.41) is 18.7. The van der Waals surface area contributed by atoms with Crippen LogP contribution in [-0.2, 0) is 9.53 Å². The molecule has 2 aromatic rings. The van der Waals surface area contributed by atoms with Gasteiger partial charge in [-0.05, 0) is 18.2 Å². The highest BCUT2D eigenvalue weighted by Gasteiger charge is 2.36. The van der Waals surface area contributed by atoms with Crippen LogP contribution in [0.2, 0.25) is 0 Å². The molecule has 136 valence electrons. The van der Waals surface area contributed by atoms with Gasteiger partial charge in [-0.3, -0.25) is 9.69 Å². The number of cyclic esters (lactones) is 1. The summed E-state index contributed by atoms with van der Waals surface area (Å²) in [5.74, 6) is -0.893. The first kappa shape index (κ1) is 17.3. The quantitative estimate of drug-likeness (QED) is 0.493. The van der Waals surface area contributed by atoms with Crippen LogP contribution in [-0.4, -0.2) is 63.1 Å². The van der Waals surface area contributed by atoms with Crippen LogP contribution in [0.3, 0.4) is 0 Å². The molecule has 1 aliphatic rings. The lowest BCUT2D eigenvalue weighted by Gasteiger charge is -2.20. The minimum absolute atomic E-state index is 0.0914. The number of likely N-dealkylation sites (N-methyl/N-ethyl adjacent to an activating group) is 1. The predicted octanol–water partition coefficient (Wildman–Crippen LogP) is 0.975.